The fraction of sp³-hybridized carbons (Fsp3) is 0.417. The first-order chi connectivity index (χ1) is 10.0. The van der Waals surface area contributed by atoms with Crippen LogP contribution in [0.5, 0.6) is 0 Å². The number of halogens is 1. The predicted octanol–water partition coefficient (Wildman–Crippen LogP) is 1.50. The van der Waals surface area contributed by atoms with Crippen molar-refractivity contribution in [2.24, 2.45) is 0 Å². The molecule has 0 atom stereocenters. The number of imidazole rings is 1. The Kier molecular flexibility index (Phi) is 4.16. The SMILES string of the molecule is O=S(=O)(NCc1ncc[nH]1)c1cc(CNC2CC2)oc1Br. The van der Waals surface area contributed by atoms with Crippen molar-refractivity contribution >= 4 is 26.0 Å². The quantitative estimate of drug-likeness (QED) is 0.681. The van der Waals surface area contributed by atoms with E-state index in [1.165, 1.54) is 6.07 Å². The molecule has 0 aliphatic heterocycles. The molecule has 2 aromatic rings. The number of aromatic nitrogens is 2. The van der Waals surface area contributed by atoms with Gasteiger partial charge in [0.1, 0.15) is 16.5 Å². The first-order valence-corrected chi connectivity index (χ1v) is 8.82. The van der Waals surface area contributed by atoms with Gasteiger partial charge in [-0.25, -0.2) is 18.1 Å². The average molecular weight is 375 g/mol. The standard InChI is InChI=1S/C12H15BrN4O3S/c13-12-10(5-9(20-12)6-16-8-1-2-8)21(18,19)17-7-11-14-3-4-15-11/h3-5,8,16-17H,1-2,6-7H2,(H,14,15). The highest BCUT2D eigenvalue weighted by molar-refractivity contribution is 9.10. The van der Waals surface area contributed by atoms with Gasteiger partial charge < -0.3 is 14.7 Å². The Morgan fingerprint density at radius 2 is 2.24 bits per heavy atom. The number of sulfonamides is 1. The highest BCUT2D eigenvalue weighted by Crippen LogP contribution is 2.27. The van der Waals surface area contributed by atoms with Gasteiger partial charge in [0.25, 0.3) is 0 Å². The molecule has 0 unspecified atom stereocenters. The Hall–Kier alpha value is -1.16. The second-order valence-corrected chi connectivity index (χ2v) is 7.32. The van der Waals surface area contributed by atoms with Crippen LogP contribution in [-0.2, 0) is 23.1 Å². The lowest BCUT2D eigenvalue weighted by molar-refractivity contribution is 0.460. The van der Waals surface area contributed by atoms with Crippen molar-refractivity contribution in [1.29, 1.82) is 0 Å². The highest BCUT2D eigenvalue weighted by atomic mass is 79.9. The second-order valence-electron chi connectivity index (χ2n) is 4.87. The molecule has 1 aliphatic carbocycles. The zero-order chi connectivity index (χ0) is 14.9. The second kappa shape index (κ2) is 5.91. The summed E-state index contributed by atoms with van der Waals surface area (Å²) >= 11 is 3.16. The van der Waals surface area contributed by atoms with Crippen molar-refractivity contribution in [1.82, 2.24) is 20.0 Å². The summed E-state index contributed by atoms with van der Waals surface area (Å²) in [5, 5.41) is 3.27. The third-order valence-corrected chi connectivity index (χ3v) is 5.38. The summed E-state index contributed by atoms with van der Waals surface area (Å²) < 4.78 is 32.6. The molecule has 0 radical (unpaired) electrons. The predicted molar refractivity (Wildman–Crippen MR) is 78.9 cm³/mol. The molecule has 114 valence electrons. The molecule has 3 rings (SSSR count). The summed E-state index contributed by atoms with van der Waals surface area (Å²) in [6, 6.07) is 2.07. The molecule has 0 bridgehead atoms. The van der Waals surface area contributed by atoms with Crippen molar-refractivity contribution in [3.8, 4) is 0 Å². The van der Waals surface area contributed by atoms with E-state index >= 15 is 0 Å². The monoisotopic (exact) mass is 374 g/mol. The maximum Gasteiger partial charge on any atom is 0.245 e. The van der Waals surface area contributed by atoms with Crippen molar-refractivity contribution in [2.45, 2.75) is 36.9 Å². The van der Waals surface area contributed by atoms with Gasteiger partial charge in [0, 0.05) is 24.5 Å². The Morgan fingerprint density at radius 3 is 2.90 bits per heavy atom. The molecule has 7 nitrogen and oxygen atoms in total. The van der Waals surface area contributed by atoms with Crippen molar-refractivity contribution in [3.63, 3.8) is 0 Å². The Morgan fingerprint density at radius 1 is 1.43 bits per heavy atom. The zero-order valence-corrected chi connectivity index (χ0v) is 13.5. The van der Waals surface area contributed by atoms with Crippen LogP contribution in [0.25, 0.3) is 0 Å². The van der Waals surface area contributed by atoms with Gasteiger partial charge in [-0.05, 0) is 28.8 Å². The number of nitrogens with one attached hydrogen (secondary N) is 3. The number of nitrogens with zero attached hydrogens (tertiary/aromatic N) is 1. The fourth-order valence-electron chi connectivity index (χ4n) is 1.84. The first-order valence-electron chi connectivity index (χ1n) is 6.54. The number of H-pyrrole nitrogens is 1. The van der Waals surface area contributed by atoms with E-state index in [0.29, 0.717) is 24.2 Å². The number of hydrogen-bond acceptors (Lipinski definition) is 5. The molecule has 1 fully saturated rings. The molecule has 0 amide bonds. The number of furan rings is 1. The normalized spacial score (nSPS) is 15.5. The van der Waals surface area contributed by atoms with E-state index in [1.54, 1.807) is 12.4 Å². The molecule has 0 spiro atoms. The summed E-state index contributed by atoms with van der Waals surface area (Å²) in [6.45, 7) is 0.625. The van der Waals surface area contributed by atoms with Crippen LogP contribution in [0.2, 0.25) is 0 Å². The Balaban J connectivity index is 1.68. The van der Waals surface area contributed by atoms with Crippen LogP contribution in [0.3, 0.4) is 0 Å². The summed E-state index contributed by atoms with van der Waals surface area (Å²) in [7, 11) is -3.65. The number of hydrogen-bond donors (Lipinski definition) is 3. The van der Waals surface area contributed by atoms with Crippen molar-refractivity contribution in [2.75, 3.05) is 0 Å². The maximum absolute atomic E-state index is 12.2. The van der Waals surface area contributed by atoms with Gasteiger partial charge in [-0.15, -0.1) is 0 Å². The van der Waals surface area contributed by atoms with E-state index in [9.17, 15) is 8.42 Å². The van der Waals surface area contributed by atoms with Gasteiger partial charge in [-0.3, -0.25) is 0 Å². The minimum absolute atomic E-state index is 0.0988. The summed E-state index contributed by atoms with van der Waals surface area (Å²) in [5.74, 6) is 1.14. The van der Waals surface area contributed by atoms with Crippen LogP contribution in [0.4, 0.5) is 0 Å². The van der Waals surface area contributed by atoms with Crippen LogP contribution in [0.15, 0.2) is 32.4 Å². The molecular formula is C12H15BrN4O3S. The van der Waals surface area contributed by atoms with Gasteiger partial charge in [0.15, 0.2) is 4.67 Å². The molecule has 1 aliphatic rings. The van der Waals surface area contributed by atoms with Crippen molar-refractivity contribution in [3.05, 3.63) is 34.7 Å². The maximum atomic E-state index is 12.2. The molecule has 2 heterocycles. The summed E-state index contributed by atoms with van der Waals surface area (Å²) in [5.41, 5.74) is 0. The topological polar surface area (TPSA) is 100 Å². The molecule has 21 heavy (non-hydrogen) atoms. The third kappa shape index (κ3) is 3.73. The number of rotatable bonds is 7. The molecule has 2 aromatic heterocycles. The molecule has 0 aromatic carbocycles. The van der Waals surface area contributed by atoms with Crippen LogP contribution in [0.1, 0.15) is 24.4 Å². The number of aromatic amines is 1. The smallest absolute Gasteiger partial charge is 0.245 e. The van der Waals surface area contributed by atoms with Crippen LogP contribution in [0, 0.1) is 0 Å². The van der Waals surface area contributed by atoms with Crippen LogP contribution in [-0.4, -0.2) is 24.4 Å². The zero-order valence-electron chi connectivity index (χ0n) is 11.1. The lowest BCUT2D eigenvalue weighted by Gasteiger charge is -2.02. The Bertz CT molecular complexity index is 707. The molecular weight excluding hydrogens is 360 g/mol. The van der Waals surface area contributed by atoms with Crippen LogP contribution >= 0.6 is 15.9 Å². The summed E-state index contributed by atoms with van der Waals surface area (Å²) in [6.07, 6.45) is 5.54. The lowest BCUT2D eigenvalue weighted by Crippen LogP contribution is -2.23. The van der Waals surface area contributed by atoms with E-state index in [4.69, 9.17) is 4.42 Å². The average Bonchev–Trinajstić information content (AvgIpc) is 2.97. The molecule has 1 saturated carbocycles. The van der Waals surface area contributed by atoms with Crippen LogP contribution < -0.4 is 10.0 Å². The van der Waals surface area contributed by atoms with E-state index in [2.05, 4.69) is 35.9 Å². The molecule has 9 heteroatoms. The van der Waals surface area contributed by atoms with E-state index in [0.717, 1.165) is 12.8 Å². The molecule has 3 N–H and O–H groups in total. The lowest BCUT2D eigenvalue weighted by atomic mass is 10.4. The third-order valence-electron chi connectivity index (χ3n) is 3.12. The minimum Gasteiger partial charge on any atom is -0.452 e. The highest BCUT2D eigenvalue weighted by Gasteiger charge is 2.24. The minimum atomic E-state index is -3.65. The van der Waals surface area contributed by atoms with Gasteiger partial charge in [0.05, 0.1) is 13.1 Å². The Labute approximate surface area is 130 Å². The van der Waals surface area contributed by atoms with Gasteiger partial charge in [-0.2, -0.15) is 0 Å². The summed E-state index contributed by atoms with van der Waals surface area (Å²) in [4.78, 5) is 6.90. The van der Waals surface area contributed by atoms with Gasteiger partial charge in [0.2, 0.25) is 10.0 Å². The van der Waals surface area contributed by atoms with E-state index in [1.807, 2.05) is 0 Å². The van der Waals surface area contributed by atoms with E-state index < -0.39 is 10.0 Å². The van der Waals surface area contributed by atoms with Gasteiger partial charge >= 0.3 is 0 Å². The van der Waals surface area contributed by atoms with E-state index in [-0.39, 0.29) is 16.1 Å². The fourth-order valence-corrected chi connectivity index (χ4v) is 3.82. The van der Waals surface area contributed by atoms with Crippen molar-refractivity contribution < 1.29 is 12.8 Å². The largest absolute Gasteiger partial charge is 0.452 e. The first kappa shape index (κ1) is 14.8. The molecule has 0 saturated heterocycles. The van der Waals surface area contributed by atoms with Gasteiger partial charge in [-0.1, -0.05) is 0 Å².